The Morgan fingerprint density at radius 3 is 2.68 bits per heavy atom. The van der Waals surface area contributed by atoms with Crippen LogP contribution in [0.4, 0.5) is 0 Å². The lowest BCUT2D eigenvalue weighted by Crippen LogP contribution is -2.43. The van der Waals surface area contributed by atoms with E-state index in [9.17, 15) is 0 Å². The summed E-state index contributed by atoms with van der Waals surface area (Å²) in [6.45, 7) is 12.1. The maximum absolute atomic E-state index is 6.24. The summed E-state index contributed by atoms with van der Waals surface area (Å²) in [7, 11) is -1.68. The zero-order valence-corrected chi connectivity index (χ0v) is 15.0. The van der Waals surface area contributed by atoms with Gasteiger partial charge in [0.2, 0.25) is 0 Å². The van der Waals surface area contributed by atoms with Gasteiger partial charge >= 0.3 is 0 Å². The van der Waals surface area contributed by atoms with Crippen LogP contribution in [0.5, 0.6) is 5.75 Å². The first-order valence-corrected chi connectivity index (χ1v) is 10.5. The molecular weight excluding hydrogens is 320 g/mol. The minimum Gasteiger partial charge on any atom is -0.487 e. The second kappa shape index (κ2) is 5.22. The van der Waals surface area contributed by atoms with E-state index in [1.54, 1.807) is 0 Å². The van der Waals surface area contributed by atoms with Gasteiger partial charge in [-0.1, -0.05) is 36.7 Å². The summed E-state index contributed by atoms with van der Waals surface area (Å²) in [5, 5.41) is 0.251. The molecule has 0 N–H and O–H groups in total. The molecule has 0 saturated carbocycles. The molecule has 1 aromatic rings. The Morgan fingerprint density at radius 2 is 2.05 bits per heavy atom. The van der Waals surface area contributed by atoms with Crippen molar-refractivity contribution >= 4 is 24.2 Å². The van der Waals surface area contributed by atoms with E-state index < -0.39 is 8.32 Å². The Kier molecular flexibility index (Phi) is 4.14. The van der Waals surface area contributed by atoms with Gasteiger partial charge in [-0.25, -0.2) is 0 Å². The fourth-order valence-corrected chi connectivity index (χ4v) is 3.34. The molecule has 1 atom stereocenters. The summed E-state index contributed by atoms with van der Waals surface area (Å²) in [4.78, 5) is 0. The van der Waals surface area contributed by atoms with Crippen LogP contribution in [-0.2, 0) is 10.8 Å². The van der Waals surface area contributed by atoms with Crippen LogP contribution in [0.3, 0.4) is 0 Å². The van der Waals surface area contributed by atoms with Crippen molar-refractivity contribution in [3.8, 4) is 5.75 Å². The second-order valence-corrected chi connectivity index (χ2v) is 12.5. The number of benzene rings is 1. The summed E-state index contributed by atoms with van der Waals surface area (Å²) in [5.74, 6) is 1.01. The van der Waals surface area contributed by atoms with Crippen LogP contribution in [0.25, 0.3) is 0 Å². The zero-order valence-electron chi connectivity index (χ0n) is 12.4. The number of rotatable bonds is 3. The molecule has 1 unspecified atom stereocenters. The minimum atomic E-state index is -1.68. The van der Waals surface area contributed by atoms with E-state index in [2.05, 4.69) is 55.9 Å². The van der Waals surface area contributed by atoms with Gasteiger partial charge in [-0.05, 0) is 41.9 Å². The van der Waals surface area contributed by atoms with Crippen molar-refractivity contribution in [3.05, 3.63) is 28.2 Å². The van der Waals surface area contributed by atoms with Gasteiger partial charge in [0.1, 0.15) is 11.9 Å². The largest absolute Gasteiger partial charge is 0.487 e. The van der Waals surface area contributed by atoms with Gasteiger partial charge in [0.05, 0.1) is 6.61 Å². The molecule has 4 heteroatoms. The van der Waals surface area contributed by atoms with Crippen LogP contribution >= 0.6 is 15.9 Å². The Balaban J connectivity index is 1.94. The van der Waals surface area contributed by atoms with E-state index >= 15 is 0 Å². The standard InChI is InChI=1S/C15H23BrO2Si/c1-15(2,3)19(4,5)17-10-13-9-11-8-12(16)6-7-14(11)18-13/h6-8,13H,9-10H2,1-5H3. The smallest absolute Gasteiger partial charge is 0.192 e. The lowest BCUT2D eigenvalue weighted by Gasteiger charge is -2.36. The number of ether oxygens (including phenoxy) is 1. The predicted molar refractivity (Wildman–Crippen MR) is 85.4 cm³/mol. The lowest BCUT2D eigenvalue weighted by molar-refractivity contribution is 0.139. The first-order valence-electron chi connectivity index (χ1n) is 6.78. The van der Waals surface area contributed by atoms with Crippen molar-refractivity contribution in [2.24, 2.45) is 0 Å². The number of hydrogen-bond acceptors (Lipinski definition) is 2. The van der Waals surface area contributed by atoms with Gasteiger partial charge in [-0.2, -0.15) is 0 Å². The molecule has 2 rings (SSSR count). The number of halogens is 1. The molecule has 0 bridgehead atoms. The van der Waals surface area contributed by atoms with E-state index in [1.165, 1.54) is 5.56 Å². The molecular formula is C15H23BrO2Si. The normalized spacial score (nSPS) is 19.2. The molecule has 0 fully saturated rings. The molecule has 2 nitrogen and oxygen atoms in total. The van der Waals surface area contributed by atoms with Crippen molar-refractivity contribution in [1.29, 1.82) is 0 Å². The molecule has 0 aliphatic carbocycles. The molecule has 1 aromatic carbocycles. The van der Waals surface area contributed by atoms with Crippen LogP contribution in [0, 0.1) is 0 Å². The Morgan fingerprint density at radius 1 is 1.37 bits per heavy atom. The highest BCUT2D eigenvalue weighted by molar-refractivity contribution is 9.10. The van der Waals surface area contributed by atoms with E-state index in [-0.39, 0.29) is 11.1 Å². The zero-order chi connectivity index (χ0) is 14.3. The Labute approximate surface area is 125 Å². The van der Waals surface area contributed by atoms with Gasteiger partial charge < -0.3 is 9.16 Å². The minimum absolute atomic E-state index is 0.165. The Hall–Kier alpha value is -0.323. The average Bonchev–Trinajstić information content (AvgIpc) is 2.67. The van der Waals surface area contributed by atoms with E-state index in [1.807, 2.05) is 12.1 Å². The maximum atomic E-state index is 6.24. The van der Waals surface area contributed by atoms with Gasteiger partial charge in [0.15, 0.2) is 8.32 Å². The molecule has 0 spiro atoms. The summed E-state index contributed by atoms with van der Waals surface area (Å²) in [5.41, 5.74) is 1.28. The molecule has 1 aliphatic heterocycles. The fraction of sp³-hybridized carbons (Fsp3) is 0.600. The second-order valence-electron chi connectivity index (χ2n) is 6.77. The summed E-state index contributed by atoms with van der Waals surface area (Å²) in [6.07, 6.45) is 1.11. The third kappa shape index (κ3) is 3.41. The molecule has 106 valence electrons. The lowest BCUT2D eigenvalue weighted by atomic mass is 10.1. The van der Waals surface area contributed by atoms with Gasteiger partial charge in [-0.3, -0.25) is 0 Å². The molecule has 0 amide bonds. The van der Waals surface area contributed by atoms with Crippen molar-refractivity contribution in [2.75, 3.05) is 6.61 Å². The number of fused-ring (bicyclic) bond motifs is 1. The maximum Gasteiger partial charge on any atom is 0.192 e. The van der Waals surface area contributed by atoms with Gasteiger partial charge in [0.25, 0.3) is 0 Å². The monoisotopic (exact) mass is 342 g/mol. The average molecular weight is 343 g/mol. The van der Waals surface area contributed by atoms with Gasteiger partial charge in [-0.15, -0.1) is 0 Å². The third-order valence-electron chi connectivity index (χ3n) is 4.20. The van der Waals surface area contributed by atoms with Crippen LogP contribution in [0.2, 0.25) is 18.1 Å². The summed E-state index contributed by atoms with van der Waals surface area (Å²) >= 11 is 3.50. The topological polar surface area (TPSA) is 18.5 Å². The Bertz CT molecular complexity index is 466. The van der Waals surface area contributed by atoms with Crippen molar-refractivity contribution < 1.29 is 9.16 Å². The SMILES string of the molecule is CC(C)(C)[Si](C)(C)OCC1Cc2cc(Br)ccc2O1. The molecule has 0 saturated heterocycles. The summed E-state index contributed by atoms with van der Waals surface area (Å²) < 4.78 is 13.3. The highest BCUT2D eigenvalue weighted by Crippen LogP contribution is 2.37. The van der Waals surface area contributed by atoms with E-state index in [0.717, 1.165) is 16.6 Å². The predicted octanol–water partition coefficient (Wildman–Crippen LogP) is 4.77. The first-order chi connectivity index (χ1) is 8.69. The fourth-order valence-electron chi connectivity index (χ4n) is 1.90. The van der Waals surface area contributed by atoms with Crippen LogP contribution < -0.4 is 4.74 Å². The van der Waals surface area contributed by atoms with E-state index in [4.69, 9.17) is 9.16 Å². The quantitative estimate of drug-likeness (QED) is 0.736. The van der Waals surface area contributed by atoms with Gasteiger partial charge in [0, 0.05) is 10.9 Å². The molecule has 1 heterocycles. The van der Waals surface area contributed by atoms with Crippen molar-refractivity contribution in [1.82, 2.24) is 0 Å². The highest BCUT2D eigenvalue weighted by atomic mass is 79.9. The number of hydrogen-bond donors (Lipinski definition) is 0. The van der Waals surface area contributed by atoms with Crippen LogP contribution in [0.15, 0.2) is 22.7 Å². The molecule has 0 radical (unpaired) electrons. The molecule has 19 heavy (non-hydrogen) atoms. The van der Waals surface area contributed by atoms with Crippen molar-refractivity contribution in [2.45, 2.75) is 51.4 Å². The molecule has 0 aromatic heterocycles. The van der Waals surface area contributed by atoms with Crippen LogP contribution in [0.1, 0.15) is 26.3 Å². The molecule has 1 aliphatic rings. The van der Waals surface area contributed by atoms with Crippen LogP contribution in [-0.4, -0.2) is 21.0 Å². The van der Waals surface area contributed by atoms with Crippen molar-refractivity contribution in [3.63, 3.8) is 0 Å². The highest BCUT2D eigenvalue weighted by Gasteiger charge is 2.38. The van der Waals surface area contributed by atoms with E-state index in [0.29, 0.717) is 6.61 Å². The summed E-state index contributed by atoms with van der Waals surface area (Å²) in [6, 6.07) is 6.20. The third-order valence-corrected chi connectivity index (χ3v) is 9.19. The first kappa shape index (κ1) is 15.1.